The molecule has 0 radical (unpaired) electrons. The smallest absolute Gasteiger partial charge is 0.309 e. The number of likely N-dealkylation sites (tertiary alicyclic amines) is 1. The Labute approximate surface area is 170 Å². The minimum absolute atomic E-state index is 0. The van der Waals surface area contributed by atoms with Gasteiger partial charge in [0.2, 0.25) is 0 Å². The van der Waals surface area contributed by atoms with Gasteiger partial charge in [-0.2, -0.15) is 0 Å². The third-order valence-corrected chi connectivity index (χ3v) is 5.73. The number of hydrogen-bond acceptors (Lipinski definition) is 3. The molecule has 0 amide bonds. The number of carbonyl (C=O) groups excluding carboxylic acids is 1. The summed E-state index contributed by atoms with van der Waals surface area (Å²) in [6, 6.07) is 0. The van der Waals surface area contributed by atoms with Gasteiger partial charge in [-0.1, -0.05) is 19.8 Å². The lowest BCUT2D eigenvalue weighted by Gasteiger charge is -2.34. The molecule has 6 heteroatoms. The molecule has 0 aromatic carbocycles. The van der Waals surface area contributed by atoms with Crippen LogP contribution in [0.15, 0.2) is 4.99 Å². The van der Waals surface area contributed by atoms with E-state index in [0.717, 1.165) is 45.0 Å². The molecule has 2 rings (SSSR count). The molecule has 146 valence electrons. The number of nitrogens with zero attached hydrogens (tertiary/aromatic N) is 2. The fourth-order valence-corrected chi connectivity index (χ4v) is 4.00. The first-order valence-electron chi connectivity index (χ1n) is 9.84. The van der Waals surface area contributed by atoms with Gasteiger partial charge in [0.15, 0.2) is 5.96 Å². The summed E-state index contributed by atoms with van der Waals surface area (Å²) in [6.07, 6.45) is 8.29. The van der Waals surface area contributed by atoms with Gasteiger partial charge in [0.1, 0.15) is 0 Å². The number of aliphatic imine (C=N–C) groups is 1. The van der Waals surface area contributed by atoms with E-state index >= 15 is 0 Å². The van der Waals surface area contributed by atoms with Gasteiger partial charge < -0.3 is 15.0 Å². The van der Waals surface area contributed by atoms with Gasteiger partial charge in [-0.05, 0) is 51.4 Å². The average molecular weight is 465 g/mol. The minimum atomic E-state index is -0.0324. The van der Waals surface area contributed by atoms with E-state index in [0.29, 0.717) is 12.0 Å². The summed E-state index contributed by atoms with van der Waals surface area (Å²) in [6.45, 7) is 10.4. The lowest BCUT2D eigenvalue weighted by Crippen LogP contribution is -2.47. The predicted molar refractivity (Wildman–Crippen MR) is 114 cm³/mol. The van der Waals surface area contributed by atoms with Crippen molar-refractivity contribution in [2.45, 2.75) is 65.7 Å². The molecular formula is C19H36IN3O2. The number of hydrogen-bond donors (Lipinski definition) is 1. The molecule has 0 aromatic heterocycles. The molecule has 5 nitrogen and oxygen atoms in total. The number of guanidine groups is 1. The summed E-state index contributed by atoms with van der Waals surface area (Å²) in [7, 11) is 0. The van der Waals surface area contributed by atoms with Crippen LogP contribution >= 0.6 is 24.0 Å². The van der Waals surface area contributed by atoms with Gasteiger partial charge in [0.25, 0.3) is 0 Å². The zero-order valence-electron chi connectivity index (χ0n) is 16.2. The number of ether oxygens (including phenoxy) is 1. The van der Waals surface area contributed by atoms with Crippen LogP contribution in [0.3, 0.4) is 0 Å². The van der Waals surface area contributed by atoms with Crippen LogP contribution in [-0.4, -0.2) is 49.6 Å². The van der Waals surface area contributed by atoms with E-state index in [1.807, 2.05) is 6.92 Å². The van der Waals surface area contributed by atoms with E-state index < -0.39 is 0 Å². The number of carbonyl (C=O) groups is 1. The quantitative estimate of drug-likeness (QED) is 0.281. The number of rotatable bonds is 6. The van der Waals surface area contributed by atoms with Gasteiger partial charge in [0.05, 0.1) is 12.5 Å². The topological polar surface area (TPSA) is 53.9 Å². The van der Waals surface area contributed by atoms with Crippen molar-refractivity contribution in [3.8, 4) is 0 Å². The highest BCUT2D eigenvalue weighted by Crippen LogP contribution is 2.41. The molecule has 25 heavy (non-hydrogen) atoms. The number of nitrogens with one attached hydrogen (secondary N) is 1. The second kappa shape index (κ2) is 11.2. The fraction of sp³-hybridized carbons (Fsp3) is 0.895. The molecule has 1 saturated heterocycles. The maximum absolute atomic E-state index is 11.9. The summed E-state index contributed by atoms with van der Waals surface area (Å²) in [5.41, 5.74) is 0.421. The summed E-state index contributed by atoms with van der Waals surface area (Å²) >= 11 is 0. The molecule has 1 heterocycles. The van der Waals surface area contributed by atoms with E-state index in [1.165, 1.54) is 32.1 Å². The van der Waals surface area contributed by atoms with Crippen LogP contribution < -0.4 is 5.32 Å². The predicted octanol–water partition coefficient (Wildman–Crippen LogP) is 3.82. The highest BCUT2D eigenvalue weighted by molar-refractivity contribution is 14.0. The summed E-state index contributed by atoms with van der Waals surface area (Å²) in [4.78, 5) is 19.2. The first-order chi connectivity index (χ1) is 11.6. The third kappa shape index (κ3) is 6.29. The highest BCUT2D eigenvalue weighted by atomic mass is 127. The number of halogens is 1. The minimum Gasteiger partial charge on any atom is -0.466 e. The van der Waals surface area contributed by atoms with Gasteiger partial charge in [0, 0.05) is 26.2 Å². The van der Waals surface area contributed by atoms with Crippen LogP contribution in [-0.2, 0) is 9.53 Å². The Morgan fingerprint density at radius 3 is 2.36 bits per heavy atom. The van der Waals surface area contributed by atoms with E-state index in [-0.39, 0.29) is 35.9 Å². The third-order valence-electron chi connectivity index (χ3n) is 5.73. The SMILES string of the molecule is CCNC(=NCC1(CC)CCCC1)N1CCC(C(=O)OCC)CC1.I. The Kier molecular flexibility index (Phi) is 10.1. The van der Waals surface area contributed by atoms with Crippen molar-refractivity contribution in [3.05, 3.63) is 0 Å². The zero-order valence-corrected chi connectivity index (χ0v) is 18.5. The van der Waals surface area contributed by atoms with Gasteiger partial charge >= 0.3 is 5.97 Å². The summed E-state index contributed by atoms with van der Waals surface area (Å²) in [5, 5.41) is 3.45. The maximum Gasteiger partial charge on any atom is 0.309 e. The van der Waals surface area contributed by atoms with E-state index in [4.69, 9.17) is 9.73 Å². The second-order valence-electron chi connectivity index (χ2n) is 7.24. The van der Waals surface area contributed by atoms with Gasteiger partial charge in [-0.15, -0.1) is 24.0 Å². The number of piperidine rings is 1. The Hall–Kier alpha value is -0.530. The van der Waals surface area contributed by atoms with Crippen molar-refractivity contribution in [3.63, 3.8) is 0 Å². The second-order valence-corrected chi connectivity index (χ2v) is 7.24. The first-order valence-corrected chi connectivity index (χ1v) is 9.84. The molecule has 0 bridgehead atoms. The normalized spacial score (nSPS) is 20.9. The van der Waals surface area contributed by atoms with Crippen LogP contribution in [0.2, 0.25) is 0 Å². The molecule has 0 spiro atoms. The molecule has 0 aromatic rings. The molecular weight excluding hydrogens is 429 g/mol. The van der Waals surface area contributed by atoms with Crippen molar-refractivity contribution >= 4 is 35.9 Å². The van der Waals surface area contributed by atoms with E-state index in [9.17, 15) is 4.79 Å². The highest BCUT2D eigenvalue weighted by Gasteiger charge is 2.32. The van der Waals surface area contributed by atoms with Crippen molar-refractivity contribution in [2.24, 2.45) is 16.3 Å². The van der Waals surface area contributed by atoms with E-state index in [1.54, 1.807) is 0 Å². The van der Waals surface area contributed by atoms with Gasteiger partial charge in [-0.3, -0.25) is 9.79 Å². The van der Waals surface area contributed by atoms with Crippen LogP contribution in [0.4, 0.5) is 0 Å². The summed E-state index contributed by atoms with van der Waals surface area (Å²) in [5.74, 6) is 1.05. The van der Waals surface area contributed by atoms with Crippen molar-refractivity contribution in [1.82, 2.24) is 10.2 Å². The van der Waals surface area contributed by atoms with Crippen LogP contribution in [0, 0.1) is 11.3 Å². The van der Waals surface area contributed by atoms with Crippen LogP contribution in [0.1, 0.15) is 65.7 Å². The fourth-order valence-electron chi connectivity index (χ4n) is 4.00. The Balaban J connectivity index is 0.00000312. The van der Waals surface area contributed by atoms with E-state index in [2.05, 4.69) is 24.1 Å². The van der Waals surface area contributed by atoms with Crippen LogP contribution in [0.25, 0.3) is 0 Å². The molecule has 1 aliphatic heterocycles. The van der Waals surface area contributed by atoms with Crippen molar-refractivity contribution < 1.29 is 9.53 Å². The van der Waals surface area contributed by atoms with Gasteiger partial charge in [-0.25, -0.2) is 0 Å². The molecule has 1 aliphatic carbocycles. The standard InChI is InChI=1S/C19H35N3O2.HI/c1-4-19(11-7-8-12-19)15-21-18(20-5-2)22-13-9-16(10-14-22)17(23)24-6-3;/h16H,4-15H2,1-3H3,(H,20,21);1H. The summed E-state index contributed by atoms with van der Waals surface area (Å²) < 4.78 is 5.16. The molecule has 0 unspecified atom stereocenters. The first kappa shape index (κ1) is 22.5. The Morgan fingerprint density at radius 2 is 1.84 bits per heavy atom. The molecule has 2 aliphatic rings. The molecule has 1 N–H and O–H groups in total. The largest absolute Gasteiger partial charge is 0.466 e. The Morgan fingerprint density at radius 1 is 1.20 bits per heavy atom. The van der Waals surface area contributed by atoms with Crippen LogP contribution in [0.5, 0.6) is 0 Å². The average Bonchev–Trinajstić information content (AvgIpc) is 3.08. The zero-order chi connectivity index (χ0) is 17.4. The molecule has 0 atom stereocenters. The lowest BCUT2D eigenvalue weighted by atomic mass is 9.83. The molecule has 2 fully saturated rings. The Bertz CT molecular complexity index is 428. The maximum atomic E-state index is 11.9. The van der Waals surface area contributed by atoms with Crippen molar-refractivity contribution in [1.29, 1.82) is 0 Å². The lowest BCUT2D eigenvalue weighted by molar-refractivity contribution is -0.149. The monoisotopic (exact) mass is 465 g/mol. The molecule has 1 saturated carbocycles. The number of esters is 1. The van der Waals surface area contributed by atoms with Crippen molar-refractivity contribution in [2.75, 3.05) is 32.8 Å².